The molecule has 0 amide bonds. The smallest absolute Gasteiger partial charge is 0.0462 e. The predicted octanol–water partition coefficient (Wildman–Crippen LogP) is 0.633. The monoisotopic (exact) mass is 156 g/mol. The largest absolute Gasteiger partial charge is 0.396 e. The number of fused-ring (bicyclic) bond motifs is 2. The predicted molar refractivity (Wildman–Crippen MR) is 42.0 cm³/mol. The molecule has 0 aromatic heterocycles. The zero-order valence-electron chi connectivity index (χ0n) is 6.74. The van der Waals surface area contributed by atoms with Crippen LogP contribution in [0, 0.1) is 23.7 Å². The first-order valence-electron chi connectivity index (χ1n) is 4.57. The molecule has 0 heterocycles. The number of aliphatic hydroxyl groups excluding tert-OH is 2. The molecule has 4 atom stereocenters. The van der Waals surface area contributed by atoms with Gasteiger partial charge in [-0.3, -0.25) is 0 Å². The fourth-order valence-corrected chi connectivity index (χ4v) is 2.96. The highest BCUT2D eigenvalue weighted by Gasteiger charge is 2.44. The van der Waals surface area contributed by atoms with Crippen molar-refractivity contribution in [3.05, 3.63) is 0 Å². The van der Waals surface area contributed by atoms with Gasteiger partial charge in [0.05, 0.1) is 0 Å². The van der Waals surface area contributed by atoms with Crippen molar-refractivity contribution >= 4 is 0 Å². The fourth-order valence-electron chi connectivity index (χ4n) is 2.96. The summed E-state index contributed by atoms with van der Waals surface area (Å²) in [5, 5.41) is 18.0. The molecule has 0 aliphatic heterocycles. The number of rotatable bonds is 2. The summed E-state index contributed by atoms with van der Waals surface area (Å²) in [6.07, 6.45) is 3.58. The molecule has 64 valence electrons. The molecule has 2 aliphatic carbocycles. The van der Waals surface area contributed by atoms with Crippen molar-refractivity contribution in [2.45, 2.75) is 19.3 Å². The van der Waals surface area contributed by atoms with Gasteiger partial charge in [-0.1, -0.05) is 0 Å². The average molecular weight is 156 g/mol. The zero-order chi connectivity index (χ0) is 7.84. The van der Waals surface area contributed by atoms with Crippen molar-refractivity contribution < 1.29 is 10.2 Å². The molecule has 0 saturated heterocycles. The minimum atomic E-state index is 0.360. The van der Waals surface area contributed by atoms with E-state index in [0.717, 1.165) is 24.7 Å². The van der Waals surface area contributed by atoms with E-state index in [4.69, 9.17) is 10.2 Å². The van der Waals surface area contributed by atoms with E-state index in [0.29, 0.717) is 25.0 Å². The first kappa shape index (κ1) is 7.56. The first-order valence-corrected chi connectivity index (χ1v) is 4.57. The summed E-state index contributed by atoms with van der Waals surface area (Å²) < 4.78 is 0. The fraction of sp³-hybridized carbons (Fsp3) is 1.00. The van der Waals surface area contributed by atoms with Gasteiger partial charge in [0.25, 0.3) is 0 Å². The second-order valence-corrected chi connectivity index (χ2v) is 4.11. The maximum absolute atomic E-state index is 8.98. The van der Waals surface area contributed by atoms with Crippen LogP contribution in [0.3, 0.4) is 0 Å². The van der Waals surface area contributed by atoms with Gasteiger partial charge in [0.2, 0.25) is 0 Å². The Morgan fingerprint density at radius 2 is 1.27 bits per heavy atom. The first-order chi connectivity index (χ1) is 5.35. The van der Waals surface area contributed by atoms with Gasteiger partial charge in [-0.15, -0.1) is 0 Å². The van der Waals surface area contributed by atoms with Crippen LogP contribution in [0.2, 0.25) is 0 Å². The molecule has 2 rings (SSSR count). The Labute approximate surface area is 67.2 Å². The molecule has 0 spiro atoms. The maximum Gasteiger partial charge on any atom is 0.0462 e. The van der Waals surface area contributed by atoms with E-state index >= 15 is 0 Å². The molecule has 2 aliphatic rings. The van der Waals surface area contributed by atoms with Crippen LogP contribution in [-0.4, -0.2) is 23.4 Å². The quantitative estimate of drug-likeness (QED) is 0.615. The standard InChI is InChI=1S/C9H16O2/c10-4-8-2-6-1-7(8)3-9(6)5-11/h6-11H,1-5H2/t6-,7+,8-,9-/m0/s1. The minimum absolute atomic E-state index is 0.360. The lowest BCUT2D eigenvalue weighted by Gasteiger charge is -2.24. The normalized spacial score (nSPS) is 48.5. The summed E-state index contributed by atoms with van der Waals surface area (Å²) in [4.78, 5) is 0. The Bertz CT molecular complexity index is 130. The molecular weight excluding hydrogens is 140 g/mol. The van der Waals surface area contributed by atoms with Crippen LogP contribution in [-0.2, 0) is 0 Å². The molecule has 2 fully saturated rings. The Morgan fingerprint density at radius 1 is 0.818 bits per heavy atom. The lowest BCUT2D eigenvalue weighted by Crippen LogP contribution is -2.22. The van der Waals surface area contributed by atoms with E-state index in [1.54, 1.807) is 0 Å². The number of hydrogen-bond donors (Lipinski definition) is 2. The van der Waals surface area contributed by atoms with Crippen LogP contribution < -0.4 is 0 Å². The lowest BCUT2D eigenvalue weighted by atomic mass is 9.83. The molecule has 11 heavy (non-hydrogen) atoms. The lowest BCUT2D eigenvalue weighted by molar-refractivity contribution is 0.122. The van der Waals surface area contributed by atoms with E-state index in [9.17, 15) is 0 Å². The van der Waals surface area contributed by atoms with Crippen molar-refractivity contribution in [1.29, 1.82) is 0 Å². The second-order valence-electron chi connectivity index (χ2n) is 4.11. The van der Waals surface area contributed by atoms with Gasteiger partial charge < -0.3 is 10.2 Å². The highest BCUT2D eigenvalue weighted by Crippen LogP contribution is 2.51. The van der Waals surface area contributed by atoms with Crippen LogP contribution in [0.1, 0.15) is 19.3 Å². The van der Waals surface area contributed by atoms with Gasteiger partial charge in [-0.05, 0) is 42.9 Å². The summed E-state index contributed by atoms with van der Waals surface area (Å²) in [5.41, 5.74) is 0. The van der Waals surface area contributed by atoms with Gasteiger partial charge in [-0.25, -0.2) is 0 Å². The number of hydrogen-bond acceptors (Lipinski definition) is 2. The van der Waals surface area contributed by atoms with Crippen molar-refractivity contribution in [3.63, 3.8) is 0 Å². The van der Waals surface area contributed by atoms with E-state index in [1.165, 1.54) is 6.42 Å². The topological polar surface area (TPSA) is 40.5 Å². The summed E-state index contributed by atoms with van der Waals surface area (Å²) >= 11 is 0. The highest BCUT2D eigenvalue weighted by atomic mass is 16.3. The molecule has 0 aromatic rings. The molecule has 2 bridgehead atoms. The minimum Gasteiger partial charge on any atom is -0.396 e. The van der Waals surface area contributed by atoms with Gasteiger partial charge in [0, 0.05) is 13.2 Å². The Balaban J connectivity index is 1.97. The average Bonchev–Trinajstić information content (AvgIpc) is 2.60. The van der Waals surface area contributed by atoms with Crippen molar-refractivity contribution in [2.75, 3.05) is 13.2 Å². The van der Waals surface area contributed by atoms with E-state index in [2.05, 4.69) is 0 Å². The van der Waals surface area contributed by atoms with Gasteiger partial charge in [0.15, 0.2) is 0 Å². The van der Waals surface area contributed by atoms with Crippen molar-refractivity contribution in [3.8, 4) is 0 Å². The summed E-state index contributed by atoms with van der Waals surface area (Å²) in [7, 11) is 0. The van der Waals surface area contributed by atoms with Gasteiger partial charge >= 0.3 is 0 Å². The summed E-state index contributed by atoms with van der Waals surface area (Å²) in [5.74, 6) is 2.56. The second kappa shape index (κ2) is 2.76. The third-order valence-corrected chi connectivity index (χ3v) is 3.62. The van der Waals surface area contributed by atoms with Crippen LogP contribution >= 0.6 is 0 Å². The van der Waals surface area contributed by atoms with Crippen LogP contribution in [0.15, 0.2) is 0 Å². The Morgan fingerprint density at radius 3 is 1.55 bits per heavy atom. The van der Waals surface area contributed by atoms with E-state index < -0.39 is 0 Å². The Kier molecular flexibility index (Phi) is 1.90. The van der Waals surface area contributed by atoms with Crippen LogP contribution in [0.5, 0.6) is 0 Å². The highest BCUT2D eigenvalue weighted by molar-refractivity contribution is 4.94. The third kappa shape index (κ3) is 1.09. The molecule has 2 heteroatoms. The molecule has 0 radical (unpaired) electrons. The van der Waals surface area contributed by atoms with Crippen molar-refractivity contribution in [2.24, 2.45) is 23.7 Å². The number of aliphatic hydroxyl groups is 2. The Hall–Kier alpha value is -0.0800. The SMILES string of the molecule is OC[C@@H]1C[C@@H]2C[C@@H]1C[C@H]2CO. The van der Waals surface area contributed by atoms with E-state index in [-0.39, 0.29) is 0 Å². The van der Waals surface area contributed by atoms with Crippen molar-refractivity contribution in [1.82, 2.24) is 0 Å². The summed E-state index contributed by atoms with van der Waals surface area (Å²) in [6.45, 7) is 0.721. The molecule has 2 saturated carbocycles. The third-order valence-electron chi connectivity index (χ3n) is 3.62. The van der Waals surface area contributed by atoms with E-state index in [1.807, 2.05) is 0 Å². The maximum atomic E-state index is 8.98. The zero-order valence-corrected chi connectivity index (χ0v) is 6.74. The van der Waals surface area contributed by atoms with Gasteiger partial charge in [0.1, 0.15) is 0 Å². The molecule has 0 aromatic carbocycles. The van der Waals surface area contributed by atoms with Gasteiger partial charge in [-0.2, -0.15) is 0 Å². The molecular formula is C9H16O2. The van der Waals surface area contributed by atoms with Crippen LogP contribution in [0.4, 0.5) is 0 Å². The molecule has 2 N–H and O–H groups in total. The molecule has 0 unspecified atom stereocenters. The van der Waals surface area contributed by atoms with Crippen LogP contribution in [0.25, 0.3) is 0 Å². The summed E-state index contributed by atoms with van der Waals surface area (Å²) in [6, 6.07) is 0. The molecule has 2 nitrogen and oxygen atoms in total.